The maximum Gasteiger partial charge on any atom is 0.344 e. The molecule has 2 amide bonds. The summed E-state index contributed by atoms with van der Waals surface area (Å²) in [4.78, 5) is 36.1. The van der Waals surface area contributed by atoms with Crippen LogP contribution in [-0.4, -0.2) is 36.1 Å². The Hall–Kier alpha value is -2.87. The van der Waals surface area contributed by atoms with E-state index in [1.165, 1.54) is 0 Å². The highest BCUT2D eigenvalue weighted by molar-refractivity contribution is 6.31. The van der Waals surface area contributed by atoms with Gasteiger partial charge in [-0.05, 0) is 31.5 Å². The van der Waals surface area contributed by atoms with Crippen LogP contribution in [0, 0.1) is 13.8 Å². The third kappa shape index (κ3) is 5.32. The lowest BCUT2D eigenvalue weighted by Gasteiger charge is -2.10. The largest absolute Gasteiger partial charge is 0.452 e. The number of rotatable bonds is 7. The van der Waals surface area contributed by atoms with Gasteiger partial charge in [0.1, 0.15) is 5.56 Å². The van der Waals surface area contributed by atoms with Crippen LogP contribution in [0.3, 0.4) is 0 Å². The molecule has 1 aromatic heterocycles. The molecule has 9 heteroatoms. The van der Waals surface area contributed by atoms with Crippen molar-refractivity contribution in [3.63, 3.8) is 0 Å². The molecule has 0 spiro atoms. The number of amides is 2. The molecule has 0 aliphatic carbocycles. The molecule has 0 bridgehead atoms. The molecule has 1 heterocycles. The lowest BCUT2D eigenvalue weighted by Crippen LogP contribution is -2.35. The number of hydrogen-bond donors (Lipinski definition) is 2. The fraction of sp³-hybridized carbons (Fsp3) is 0.368. The number of carbonyl (C=O) groups excluding carboxylic acids is 3. The van der Waals surface area contributed by atoms with Gasteiger partial charge in [-0.15, -0.1) is 0 Å². The Morgan fingerprint density at radius 3 is 2.61 bits per heavy atom. The van der Waals surface area contributed by atoms with Gasteiger partial charge in [-0.2, -0.15) is 0 Å². The number of halogens is 1. The van der Waals surface area contributed by atoms with Crippen molar-refractivity contribution in [1.29, 1.82) is 0 Å². The van der Waals surface area contributed by atoms with Crippen molar-refractivity contribution in [2.24, 2.45) is 0 Å². The maximum atomic E-state index is 12.2. The zero-order valence-electron chi connectivity index (χ0n) is 16.1. The fourth-order valence-corrected chi connectivity index (χ4v) is 2.57. The van der Waals surface area contributed by atoms with Crippen molar-refractivity contribution >= 4 is 35.1 Å². The van der Waals surface area contributed by atoms with Gasteiger partial charge >= 0.3 is 5.97 Å². The van der Waals surface area contributed by atoms with Crippen LogP contribution in [-0.2, 0) is 14.3 Å². The molecule has 0 unspecified atom stereocenters. The van der Waals surface area contributed by atoms with E-state index < -0.39 is 24.4 Å². The normalized spacial score (nSPS) is 10.6. The van der Waals surface area contributed by atoms with Gasteiger partial charge in [-0.3, -0.25) is 9.59 Å². The number of nitrogens with zero attached hydrogens (tertiary/aromatic N) is 1. The summed E-state index contributed by atoms with van der Waals surface area (Å²) in [6.45, 7) is 6.30. The first kappa shape index (κ1) is 21.4. The first-order chi connectivity index (χ1) is 13.2. The van der Waals surface area contributed by atoms with E-state index in [0.29, 0.717) is 22.2 Å². The molecule has 2 N–H and O–H groups in total. The number of nitrogens with one attached hydrogen (secondary N) is 2. The van der Waals surface area contributed by atoms with Gasteiger partial charge in [0.25, 0.3) is 5.91 Å². The van der Waals surface area contributed by atoms with Crippen molar-refractivity contribution in [2.45, 2.75) is 33.6 Å². The first-order valence-electron chi connectivity index (χ1n) is 8.65. The molecule has 0 aliphatic heterocycles. The van der Waals surface area contributed by atoms with Crippen molar-refractivity contribution in [3.8, 4) is 0 Å². The third-order valence-electron chi connectivity index (χ3n) is 3.94. The van der Waals surface area contributed by atoms with Crippen LogP contribution in [0.15, 0.2) is 22.7 Å². The molecule has 0 saturated heterocycles. The van der Waals surface area contributed by atoms with E-state index in [2.05, 4.69) is 15.8 Å². The van der Waals surface area contributed by atoms with Crippen LogP contribution >= 0.6 is 11.6 Å². The number of benzene rings is 1. The van der Waals surface area contributed by atoms with E-state index in [4.69, 9.17) is 20.9 Å². The summed E-state index contributed by atoms with van der Waals surface area (Å²) in [5.41, 5.74) is 1.90. The summed E-state index contributed by atoms with van der Waals surface area (Å²) < 4.78 is 10.1. The Bertz CT molecular complexity index is 892. The quantitative estimate of drug-likeness (QED) is 0.682. The van der Waals surface area contributed by atoms with E-state index in [1.54, 1.807) is 32.0 Å². The second-order valence-corrected chi connectivity index (χ2v) is 6.88. The Kier molecular flexibility index (Phi) is 7.17. The zero-order valence-corrected chi connectivity index (χ0v) is 16.8. The highest BCUT2D eigenvalue weighted by atomic mass is 35.5. The van der Waals surface area contributed by atoms with E-state index in [-0.39, 0.29) is 18.0 Å². The Morgan fingerprint density at radius 1 is 1.21 bits per heavy atom. The van der Waals surface area contributed by atoms with Gasteiger partial charge in [0, 0.05) is 16.6 Å². The topological polar surface area (TPSA) is 111 Å². The summed E-state index contributed by atoms with van der Waals surface area (Å²) in [7, 11) is 0. The lowest BCUT2D eigenvalue weighted by molar-refractivity contribution is -0.126. The molecule has 2 rings (SSSR count). The monoisotopic (exact) mass is 407 g/mol. The summed E-state index contributed by atoms with van der Waals surface area (Å²) in [5.74, 6) is -1.39. The number of esters is 1. The molecule has 0 atom stereocenters. The van der Waals surface area contributed by atoms with Crippen LogP contribution in [0.25, 0.3) is 0 Å². The highest BCUT2D eigenvalue weighted by Gasteiger charge is 2.24. The predicted molar refractivity (Wildman–Crippen MR) is 103 cm³/mol. The molecule has 8 nitrogen and oxygen atoms in total. The van der Waals surface area contributed by atoms with Crippen molar-refractivity contribution < 1.29 is 23.6 Å². The molecule has 150 valence electrons. The number of anilines is 1. The summed E-state index contributed by atoms with van der Waals surface area (Å²) >= 11 is 6.00. The predicted octanol–water partition coefficient (Wildman–Crippen LogP) is 2.98. The first-order valence-corrected chi connectivity index (χ1v) is 9.03. The van der Waals surface area contributed by atoms with Crippen LogP contribution < -0.4 is 10.6 Å². The van der Waals surface area contributed by atoms with Crippen molar-refractivity contribution in [3.05, 3.63) is 45.8 Å². The highest BCUT2D eigenvalue weighted by Crippen LogP contribution is 2.23. The van der Waals surface area contributed by atoms with E-state index >= 15 is 0 Å². The Morgan fingerprint density at radius 2 is 1.93 bits per heavy atom. The Labute approximate surface area is 167 Å². The average Bonchev–Trinajstić information content (AvgIpc) is 3.03. The van der Waals surface area contributed by atoms with Crippen LogP contribution in [0.4, 0.5) is 5.69 Å². The number of ether oxygens (including phenoxy) is 1. The molecule has 28 heavy (non-hydrogen) atoms. The van der Waals surface area contributed by atoms with Gasteiger partial charge in [0.2, 0.25) is 5.91 Å². The second-order valence-electron chi connectivity index (χ2n) is 6.48. The Balaban J connectivity index is 1.83. The second kappa shape index (κ2) is 9.36. The summed E-state index contributed by atoms with van der Waals surface area (Å²) in [5, 5.41) is 9.33. The van der Waals surface area contributed by atoms with Crippen LogP contribution in [0.5, 0.6) is 0 Å². The van der Waals surface area contributed by atoms with E-state index in [1.807, 2.05) is 13.8 Å². The smallest absolute Gasteiger partial charge is 0.344 e. The standard InChI is InChI=1S/C19H22ClN3O5/c1-10(2)18-17(12(4)23-28-18)19(26)27-9-16(25)21-8-15(24)22-14-7-5-6-13(20)11(14)3/h5-7,10H,8-9H2,1-4H3,(H,21,25)(H,22,24). The molecule has 1 aromatic carbocycles. The summed E-state index contributed by atoms with van der Waals surface area (Å²) in [6, 6.07) is 5.13. The molecule has 0 saturated carbocycles. The van der Waals surface area contributed by atoms with Gasteiger partial charge in [-0.1, -0.05) is 36.7 Å². The average molecular weight is 408 g/mol. The van der Waals surface area contributed by atoms with Gasteiger partial charge in [-0.25, -0.2) is 4.79 Å². The number of carbonyl (C=O) groups is 3. The minimum absolute atomic E-state index is 0.0591. The van der Waals surface area contributed by atoms with Gasteiger partial charge in [0.05, 0.1) is 12.2 Å². The molecule has 2 aromatic rings. The number of hydrogen-bond acceptors (Lipinski definition) is 6. The zero-order chi connectivity index (χ0) is 20.8. The van der Waals surface area contributed by atoms with Gasteiger partial charge < -0.3 is 19.9 Å². The summed E-state index contributed by atoms with van der Waals surface area (Å²) in [6.07, 6.45) is 0. The fourth-order valence-electron chi connectivity index (χ4n) is 2.40. The van der Waals surface area contributed by atoms with Crippen molar-refractivity contribution in [2.75, 3.05) is 18.5 Å². The SMILES string of the molecule is Cc1noc(C(C)C)c1C(=O)OCC(=O)NCC(=O)Nc1cccc(Cl)c1C. The minimum atomic E-state index is -0.698. The third-order valence-corrected chi connectivity index (χ3v) is 4.35. The number of aryl methyl sites for hydroxylation is 1. The molecule has 0 radical (unpaired) electrons. The number of aromatic nitrogens is 1. The van der Waals surface area contributed by atoms with Gasteiger partial charge in [0.15, 0.2) is 12.4 Å². The van der Waals surface area contributed by atoms with Crippen molar-refractivity contribution in [1.82, 2.24) is 10.5 Å². The molecule has 0 aliphatic rings. The van der Waals surface area contributed by atoms with E-state index in [0.717, 1.165) is 5.56 Å². The lowest BCUT2D eigenvalue weighted by atomic mass is 10.1. The molecular weight excluding hydrogens is 386 g/mol. The molecular formula is C19H22ClN3O5. The molecule has 0 fully saturated rings. The van der Waals surface area contributed by atoms with Crippen LogP contribution in [0.2, 0.25) is 5.02 Å². The van der Waals surface area contributed by atoms with E-state index in [9.17, 15) is 14.4 Å². The maximum absolute atomic E-state index is 12.2. The van der Waals surface area contributed by atoms with Crippen LogP contribution in [0.1, 0.15) is 47.1 Å². The minimum Gasteiger partial charge on any atom is -0.452 e.